The maximum absolute atomic E-state index is 12.5. The summed E-state index contributed by atoms with van der Waals surface area (Å²) >= 11 is 6.25. The fourth-order valence-corrected chi connectivity index (χ4v) is 4.11. The summed E-state index contributed by atoms with van der Waals surface area (Å²) in [4.78, 5) is 8.63. The molecule has 0 saturated carbocycles. The van der Waals surface area contributed by atoms with Gasteiger partial charge < -0.3 is 4.74 Å². The zero-order valence-corrected chi connectivity index (χ0v) is 16.9. The van der Waals surface area contributed by atoms with E-state index in [1.54, 1.807) is 18.3 Å². The van der Waals surface area contributed by atoms with Crippen molar-refractivity contribution < 1.29 is 13.2 Å². The molecule has 8 heteroatoms. The number of aryl methyl sites for hydroxylation is 1. The lowest BCUT2D eigenvalue weighted by Gasteiger charge is -2.11. The van der Waals surface area contributed by atoms with Gasteiger partial charge in [0.1, 0.15) is 10.8 Å². The van der Waals surface area contributed by atoms with Crippen LogP contribution in [0.15, 0.2) is 78.0 Å². The van der Waals surface area contributed by atoms with E-state index >= 15 is 0 Å². The molecule has 2 aromatic heterocycles. The molecule has 0 fully saturated rings. The van der Waals surface area contributed by atoms with E-state index < -0.39 is 10.0 Å². The molecule has 0 bridgehead atoms. The van der Waals surface area contributed by atoms with Crippen molar-refractivity contribution in [2.24, 2.45) is 0 Å². The zero-order chi connectivity index (χ0) is 20.4. The Morgan fingerprint density at radius 1 is 0.966 bits per heavy atom. The smallest absolute Gasteiger partial charge is 0.261 e. The first-order valence-corrected chi connectivity index (χ1v) is 10.5. The number of halogens is 1. The minimum atomic E-state index is -3.75. The fourth-order valence-electron chi connectivity index (χ4n) is 2.77. The van der Waals surface area contributed by atoms with Gasteiger partial charge in [0, 0.05) is 5.39 Å². The van der Waals surface area contributed by atoms with E-state index in [0.717, 1.165) is 16.5 Å². The average molecular weight is 426 g/mol. The molecule has 0 aliphatic rings. The molecule has 1 N–H and O–H groups in total. The molecule has 6 nitrogen and oxygen atoms in total. The van der Waals surface area contributed by atoms with Crippen molar-refractivity contribution in [3.05, 3.63) is 83.6 Å². The van der Waals surface area contributed by atoms with E-state index in [0.29, 0.717) is 5.75 Å². The van der Waals surface area contributed by atoms with Crippen LogP contribution >= 0.6 is 11.6 Å². The van der Waals surface area contributed by atoms with Crippen LogP contribution in [-0.2, 0) is 10.0 Å². The molecule has 146 valence electrons. The van der Waals surface area contributed by atoms with Gasteiger partial charge in [0.25, 0.3) is 10.0 Å². The number of benzene rings is 2. The summed E-state index contributed by atoms with van der Waals surface area (Å²) in [6, 6.07) is 17.5. The van der Waals surface area contributed by atoms with Gasteiger partial charge in [-0.3, -0.25) is 9.71 Å². The van der Waals surface area contributed by atoms with Crippen molar-refractivity contribution in [1.29, 1.82) is 0 Å². The maximum atomic E-state index is 12.5. The third kappa shape index (κ3) is 4.31. The normalized spacial score (nSPS) is 11.4. The van der Waals surface area contributed by atoms with Crippen LogP contribution in [0.2, 0.25) is 5.02 Å². The highest BCUT2D eigenvalue weighted by molar-refractivity contribution is 7.92. The third-order valence-electron chi connectivity index (χ3n) is 4.14. The number of pyridine rings is 2. The summed E-state index contributed by atoms with van der Waals surface area (Å²) in [6.07, 6.45) is 2.93. The van der Waals surface area contributed by atoms with Gasteiger partial charge in [0.2, 0.25) is 5.88 Å². The van der Waals surface area contributed by atoms with Crippen LogP contribution in [0.4, 0.5) is 5.69 Å². The SMILES string of the molecule is Cc1cccc(S(=O)(=O)Nc2cnc(Oc3cnc4ccccc4c3)c(Cl)c2)c1. The van der Waals surface area contributed by atoms with E-state index in [1.165, 1.54) is 18.3 Å². The van der Waals surface area contributed by atoms with Crippen molar-refractivity contribution in [3.63, 3.8) is 0 Å². The van der Waals surface area contributed by atoms with Crippen LogP contribution in [0.5, 0.6) is 11.6 Å². The molecule has 0 unspecified atom stereocenters. The van der Waals surface area contributed by atoms with E-state index in [4.69, 9.17) is 16.3 Å². The molecular formula is C21H16ClN3O3S. The highest BCUT2D eigenvalue weighted by Gasteiger charge is 2.16. The Morgan fingerprint density at radius 3 is 2.59 bits per heavy atom. The molecule has 4 rings (SSSR count). The molecule has 2 aromatic carbocycles. The number of nitrogens with zero attached hydrogens (tertiary/aromatic N) is 2. The molecule has 0 amide bonds. The maximum Gasteiger partial charge on any atom is 0.261 e. The van der Waals surface area contributed by atoms with E-state index in [1.807, 2.05) is 43.3 Å². The lowest BCUT2D eigenvalue weighted by molar-refractivity contribution is 0.462. The van der Waals surface area contributed by atoms with Crippen LogP contribution in [0.25, 0.3) is 10.9 Å². The Balaban J connectivity index is 1.56. The molecule has 0 radical (unpaired) electrons. The molecule has 0 aliphatic carbocycles. The molecule has 0 spiro atoms. The summed E-state index contributed by atoms with van der Waals surface area (Å²) in [5, 5.41) is 1.09. The Labute approximate surface area is 173 Å². The quantitative estimate of drug-likeness (QED) is 0.476. The van der Waals surface area contributed by atoms with Gasteiger partial charge in [-0.25, -0.2) is 13.4 Å². The lowest BCUT2D eigenvalue weighted by atomic mass is 10.2. The fraction of sp³-hybridized carbons (Fsp3) is 0.0476. The number of hydrogen-bond acceptors (Lipinski definition) is 5. The molecule has 0 saturated heterocycles. The number of fused-ring (bicyclic) bond motifs is 1. The number of sulfonamides is 1. The molecule has 4 aromatic rings. The number of para-hydroxylation sites is 1. The first-order chi connectivity index (χ1) is 13.9. The van der Waals surface area contributed by atoms with Crippen molar-refractivity contribution in [3.8, 4) is 11.6 Å². The number of ether oxygens (including phenoxy) is 1. The monoisotopic (exact) mass is 425 g/mol. The summed E-state index contributed by atoms with van der Waals surface area (Å²) < 4.78 is 33.3. The molecule has 29 heavy (non-hydrogen) atoms. The number of anilines is 1. The number of nitrogens with one attached hydrogen (secondary N) is 1. The van der Waals surface area contributed by atoms with Crippen LogP contribution < -0.4 is 9.46 Å². The van der Waals surface area contributed by atoms with Gasteiger partial charge in [-0.2, -0.15) is 0 Å². The number of rotatable bonds is 5. The van der Waals surface area contributed by atoms with Gasteiger partial charge in [0.05, 0.1) is 28.5 Å². The van der Waals surface area contributed by atoms with Crippen LogP contribution in [0.1, 0.15) is 5.56 Å². The average Bonchev–Trinajstić information content (AvgIpc) is 2.70. The predicted molar refractivity (Wildman–Crippen MR) is 113 cm³/mol. The second kappa shape index (κ2) is 7.69. The highest BCUT2D eigenvalue weighted by atomic mass is 35.5. The van der Waals surface area contributed by atoms with Gasteiger partial charge in [-0.15, -0.1) is 0 Å². The van der Waals surface area contributed by atoms with Crippen molar-refractivity contribution >= 4 is 38.2 Å². The number of aromatic nitrogens is 2. The Bertz CT molecular complexity index is 1310. The predicted octanol–water partition coefficient (Wildman–Crippen LogP) is 5.18. The minimum absolute atomic E-state index is 0.155. The molecular weight excluding hydrogens is 410 g/mol. The minimum Gasteiger partial charge on any atom is -0.436 e. The summed E-state index contributed by atoms with van der Waals surface area (Å²) in [5.41, 5.74) is 1.93. The summed E-state index contributed by atoms with van der Waals surface area (Å²) in [5.74, 6) is 0.633. The topological polar surface area (TPSA) is 81.2 Å². The first-order valence-electron chi connectivity index (χ1n) is 8.68. The first kappa shape index (κ1) is 19.2. The molecule has 0 atom stereocenters. The second-order valence-electron chi connectivity index (χ2n) is 6.40. The Morgan fingerprint density at radius 2 is 1.79 bits per heavy atom. The van der Waals surface area contributed by atoms with E-state index in [-0.39, 0.29) is 21.5 Å². The standard InChI is InChI=1S/C21H16ClN3O3S/c1-14-5-4-7-18(9-14)29(26,27)25-16-11-19(22)21(24-12-16)28-17-10-15-6-2-3-8-20(15)23-13-17/h2-13,25H,1H3. The van der Waals surface area contributed by atoms with Crippen molar-refractivity contribution in [2.45, 2.75) is 11.8 Å². The zero-order valence-electron chi connectivity index (χ0n) is 15.3. The van der Waals surface area contributed by atoms with Crippen LogP contribution in [-0.4, -0.2) is 18.4 Å². The van der Waals surface area contributed by atoms with Gasteiger partial charge in [-0.05, 0) is 42.8 Å². The van der Waals surface area contributed by atoms with Crippen LogP contribution in [0, 0.1) is 6.92 Å². The van der Waals surface area contributed by atoms with Crippen molar-refractivity contribution in [1.82, 2.24) is 9.97 Å². The number of hydrogen-bond donors (Lipinski definition) is 1. The summed E-state index contributed by atoms with van der Waals surface area (Å²) in [7, 11) is -3.75. The van der Waals surface area contributed by atoms with Crippen molar-refractivity contribution in [2.75, 3.05) is 4.72 Å². The largest absolute Gasteiger partial charge is 0.436 e. The van der Waals surface area contributed by atoms with Crippen LogP contribution in [0.3, 0.4) is 0 Å². The van der Waals surface area contributed by atoms with Gasteiger partial charge in [-0.1, -0.05) is 41.9 Å². The lowest BCUT2D eigenvalue weighted by Crippen LogP contribution is -2.13. The Hall–Kier alpha value is -3.16. The Kier molecular flexibility index (Phi) is 5.08. The third-order valence-corrected chi connectivity index (χ3v) is 5.79. The van der Waals surface area contributed by atoms with E-state index in [2.05, 4.69) is 14.7 Å². The molecule has 2 heterocycles. The van der Waals surface area contributed by atoms with E-state index in [9.17, 15) is 8.42 Å². The summed E-state index contributed by atoms with van der Waals surface area (Å²) in [6.45, 7) is 1.82. The molecule has 0 aliphatic heterocycles. The highest BCUT2D eigenvalue weighted by Crippen LogP contribution is 2.30. The second-order valence-corrected chi connectivity index (χ2v) is 8.49. The van der Waals surface area contributed by atoms with Gasteiger partial charge >= 0.3 is 0 Å². The van der Waals surface area contributed by atoms with Gasteiger partial charge in [0.15, 0.2) is 0 Å².